The molecule has 2 rings (SSSR count). The van der Waals surface area contributed by atoms with Crippen LogP contribution in [0, 0.1) is 11.3 Å². The highest BCUT2D eigenvalue weighted by atomic mass is 16.5. The third-order valence-corrected chi connectivity index (χ3v) is 2.14. The molecule has 0 heterocycles. The number of ether oxygens (including phenoxy) is 1. The van der Waals surface area contributed by atoms with Crippen LogP contribution in [0.1, 0.15) is 0 Å². The van der Waals surface area contributed by atoms with Crippen molar-refractivity contribution in [1.29, 1.82) is 5.26 Å². The summed E-state index contributed by atoms with van der Waals surface area (Å²) in [5, 5.41) is 10.5. The molecule has 2 aromatic carbocycles. The SMILES string of the molecule is N#CCOc1ccc2cc(N)ccc2c1. The number of hydrogen-bond donors (Lipinski definition) is 1. The Kier molecular flexibility index (Phi) is 2.42. The van der Waals surface area contributed by atoms with Crippen LogP contribution in [-0.4, -0.2) is 6.61 Å². The van der Waals surface area contributed by atoms with Crippen LogP contribution in [0.3, 0.4) is 0 Å². The van der Waals surface area contributed by atoms with Gasteiger partial charge in [0.1, 0.15) is 11.8 Å². The lowest BCUT2D eigenvalue weighted by molar-refractivity contribution is 0.368. The molecular weight excluding hydrogens is 188 g/mol. The Morgan fingerprint density at radius 2 is 1.87 bits per heavy atom. The molecule has 0 amide bonds. The number of anilines is 1. The summed E-state index contributed by atoms with van der Waals surface area (Å²) in [5.74, 6) is 0.703. The van der Waals surface area contributed by atoms with Crippen molar-refractivity contribution in [2.45, 2.75) is 0 Å². The van der Waals surface area contributed by atoms with Gasteiger partial charge in [-0.05, 0) is 35.0 Å². The lowest BCUT2D eigenvalue weighted by Gasteiger charge is -2.04. The molecule has 74 valence electrons. The average Bonchev–Trinajstić information content (AvgIpc) is 2.26. The van der Waals surface area contributed by atoms with Crippen LogP contribution in [0.25, 0.3) is 10.8 Å². The second-order valence-electron chi connectivity index (χ2n) is 3.22. The minimum atomic E-state index is 0.0699. The van der Waals surface area contributed by atoms with E-state index < -0.39 is 0 Å². The number of nitriles is 1. The van der Waals surface area contributed by atoms with Crippen molar-refractivity contribution >= 4 is 16.5 Å². The topological polar surface area (TPSA) is 59.0 Å². The molecule has 0 saturated carbocycles. The molecule has 0 atom stereocenters. The molecule has 0 unspecified atom stereocenters. The second kappa shape index (κ2) is 3.89. The number of fused-ring (bicyclic) bond motifs is 1. The molecule has 3 nitrogen and oxygen atoms in total. The molecule has 0 radical (unpaired) electrons. The van der Waals surface area contributed by atoms with Crippen LogP contribution in [0.15, 0.2) is 36.4 Å². The first-order valence-electron chi connectivity index (χ1n) is 4.58. The van der Waals surface area contributed by atoms with Crippen LogP contribution in [0.2, 0.25) is 0 Å². The Morgan fingerprint density at radius 3 is 2.67 bits per heavy atom. The highest BCUT2D eigenvalue weighted by Gasteiger charge is 1.97. The molecule has 0 aromatic heterocycles. The van der Waals surface area contributed by atoms with Crippen LogP contribution < -0.4 is 10.5 Å². The summed E-state index contributed by atoms with van der Waals surface area (Å²) in [4.78, 5) is 0. The number of rotatable bonds is 2. The molecule has 2 aromatic rings. The molecule has 2 N–H and O–H groups in total. The number of benzene rings is 2. The van der Waals surface area contributed by atoms with Crippen molar-refractivity contribution < 1.29 is 4.74 Å². The van der Waals surface area contributed by atoms with Gasteiger partial charge < -0.3 is 10.5 Å². The monoisotopic (exact) mass is 198 g/mol. The van der Waals surface area contributed by atoms with Crippen LogP contribution in [0.4, 0.5) is 5.69 Å². The fourth-order valence-corrected chi connectivity index (χ4v) is 1.45. The van der Waals surface area contributed by atoms with E-state index >= 15 is 0 Å². The van der Waals surface area contributed by atoms with Crippen LogP contribution >= 0.6 is 0 Å². The summed E-state index contributed by atoms with van der Waals surface area (Å²) in [6.07, 6.45) is 0. The molecule has 0 aliphatic heterocycles. The van der Waals surface area contributed by atoms with E-state index in [9.17, 15) is 0 Å². The molecule has 3 heteroatoms. The van der Waals surface area contributed by atoms with Crippen molar-refractivity contribution in [1.82, 2.24) is 0 Å². The van der Waals surface area contributed by atoms with Gasteiger partial charge in [-0.3, -0.25) is 0 Å². The Hall–Kier alpha value is -2.21. The lowest BCUT2D eigenvalue weighted by Crippen LogP contribution is -1.93. The normalized spacial score (nSPS) is 9.80. The zero-order valence-electron chi connectivity index (χ0n) is 8.10. The first-order chi connectivity index (χ1) is 7.29. The molecule has 0 aliphatic rings. The average molecular weight is 198 g/mol. The minimum absolute atomic E-state index is 0.0699. The molecule has 15 heavy (non-hydrogen) atoms. The standard InChI is InChI=1S/C12H10N2O/c13-5-6-15-12-4-2-9-7-11(14)3-1-10(9)8-12/h1-4,7-8H,6,14H2. The van der Waals surface area contributed by atoms with E-state index in [1.807, 2.05) is 42.5 Å². The summed E-state index contributed by atoms with van der Waals surface area (Å²) in [5.41, 5.74) is 6.41. The third-order valence-electron chi connectivity index (χ3n) is 2.14. The summed E-state index contributed by atoms with van der Waals surface area (Å²) in [7, 11) is 0. The maximum Gasteiger partial charge on any atom is 0.174 e. The smallest absolute Gasteiger partial charge is 0.174 e. The van der Waals surface area contributed by atoms with Crippen molar-refractivity contribution in [2.24, 2.45) is 0 Å². The van der Waals surface area contributed by atoms with Crippen molar-refractivity contribution in [3.8, 4) is 11.8 Å². The molecule has 0 saturated heterocycles. The van der Waals surface area contributed by atoms with E-state index in [1.54, 1.807) is 0 Å². The van der Waals surface area contributed by atoms with Crippen molar-refractivity contribution in [3.05, 3.63) is 36.4 Å². The Bertz CT molecular complexity index is 529. The second-order valence-corrected chi connectivity index (χ2v) is 3.22. The highest BCUT2D eigenvalue weighted by Crippen LogP contribution is 2.22. The lowest BCUT2D eigenvalue weighted by atomic mass is 10.1. The first kappa shape index (κ1) is 9.35. The van der Waals surface area contributed by atoms with E-state index in [1.165, 1.54) is 0 Å². The zero-order chi connectivity index (χ0) is 10.7. The molecule has 0 fully saturated rings. The van der Waals surface area contributed by atoms with Gasteiger partial charge in [-0.25, -0.2) is 0 Å². The fraction of sp³-hybridized carbons (Fsp3) is 0.0833. The number of nitrogens with two attached hydrogens (primary N) is 1. The van der Waals surface area contributed by atoms with Gasteiger partial charge in [0, 0.05) is 5.69 Å². The van der Waals surface area contributed by atoms with E-state index in [0.29, 0.717) is 5.75 Å². The summed E-state index contributed by atoms with van der Waals surface area (Å²) in [6, 6.07) is 13.3. The third kappa shape index (κ3) is 2.00. The Labute approximate surface area is 87.7 Å². The maximum absolute atomic E-state index is 8.39. The largest absolute Gasteiger partial charge is 0.479 e. The van der Waals surface area contributed by atoms with Crippen molar-refractivity contribution in [3.63, 3.8) is 0 Å². The van der Waals surface area contributed by atoms with Gasteiger partial charge in [-0.2, -0.15) is 5.26 Å². The summed E-state index contributed by atoms with van der Waals surface area (Å²) >= 11 is 0. The number of hydrogen-bond acceptors (Lipinski definition) is 3. The van der Waals surface area contributed by atoms with Crippen molar-refractivity contribution in [2.75, 3.05) is 12.3 Å². The fourth-order valence-electron chi connectivity index (χ4n) is 1.45. The highest BCUT2D eigenvalue weighted by molar-refractivity contribution is 5.86. The Morgan fingerprint density at radius 1 is 1.13 bits per heavy atom. The van der Waals surface area contributed by atoms with Gasteiger partial charge >= 0.3 is 0 Å². The molecule has 0 spiro atoms. The van der Waals surface area contributed by atoms with Gasteiger partial charge in [0.2, 0.25) is 0 Å². The number of nitrogen functional groups attached to an aromatic ring is 1. The zero-order valence-corrected chi connectivity index (χ0v) is 8.10. The van der Waals surface area contributed by atoms with Gasteiger partial charge in [-0.15, -0.1) is 0 Å². The number of nitrogens with zero attached hydrogens (tertiary/aromatic N) is 1. The van der Waals surface area contributed by atoms with E-state index in [-0.39, 0.29) is 6.61 Å². The van der Waals surface area contributed by atoms with Gasteiger partial charge in [0.25, 0.3) is 0 Å². The summed E-state index contributed by atoms with van der Waals surface area (Å²) in [6.45, 7) is 0.0699. The molecule has 0 bridgehead atoms. The van der Waals surface area contributed by atoms with E-state index in [4.69, 9.17) is 15.7 Å². The predicted molar refractivity (Wildman–Crippen MR) is 59.5 cm³/mol. The predicted octanol–water partition coefficient (Wildman–Crippen LogP) is 2.32. The van der Waals surface area contributed by atoms with E-state index in [2.05, 4.69) is 0 Å². The summed E-state index contributed by atoms with van der Waals surface area (Å²) < 4.78 is 5.20. The molecule has 0 aliphatic carbocycles. The van der Waals surface area contributed by atoms with Gasteiger partial charge in [0.15, 0.2) is 6.61 Å². The molecular formula is C12H10N2O. The van der Waals surface area contributed by atoms with Gasteiger partial charge in [0.05, 0.1) is 0 Å². The maximum atomic E-state index is 8.39. The Balaban J connectivity index is 2.40. The van der Waals surface area contributed by atoms with Gasteiger partial charge in [-0.1, -0.05) is 12.1 Å². The van der Waals surface area contributed by atoms with Crippen LogP contribution in [0.5, 0.6) is 5.75 Å². The quantitative estimate of drug-likeness (QED) is 0.753. The van der Waals surface area contributed by atoms with Crippen LogP contribution in [-0.2, 0) is 0 Å². The van der Waals surface area contributed by atoms with E-state index in [0.717, 1.165) is 16.5 Å². The first-order valence-corrected chi connectivity index (χ1v) is 4.58. The minimum Gasteiger partial charge on any atom is -0.479 e.